The summed E-state index contributed by atoms with van der Waals surface area (Å²) in [7, 11) is 0. The lowest BCUT2D eigenvalue weighted by atomic mass is 9.83. The molecule has 3 heterocycles. The summed E-state index contributed by atoms with van der Waals surface area (Å²) in [6.07, 6.45) is 8.37. The summed E-state index contributed by atoms with van der Waals surface area (Å²) >= 11 is 0. The van der Waals surface area contributed by atoms with Crippen molar-refractivity contribution in [2.75, 3.05) is 26.2 Å². The minimum absolute atomic E-state index is 0.0129. The van der Waals surface area contributed by atoms with E-state index in [4.69, 9.17) is 4.74 Å². The number of hydrogen-bond acceptors (Lipinski definition) is 5. The van der Waals surface area contributed by atoms with E-state index in [-0.39, 0.29) is 30.6 Å². The molecule has 2 aliphatic heterocycles. The Bertz CT molecular complexity index is 669. The molecule has 1 aromatic heterocycles. The van der Waals surface area contributed by atoms with Crippen molar-refractivity contribution >= 4 is 11.8 Å². The number of nitrogens with zero attached hydrogens (tertiary/aromatic N) is 4. The molecule has 1 atom stereocenters. The highest BCUT2D eigenvalue weighted by molar-refractivity contribution is 5.92. The van der Waals surface area contributed by atoms with Gasteiger partial charge in [-0.2, -0.15) is 0 Å². The number of carbonyl (C=O) groups excluding carboxylic acids is 2. The summed E-state index contributed by atoms with van der Waals surface area (Å²) in [6, 6.07) is 0.230. The van der Waals surface area contributed by atoms with Gasteiger partial charge in [0.05, 0.1) is 18.0 Å². The van der Waals surface area contributed by atoms with Gasteiger partial charge >= 0.3 is 0 Å². The third-order valence-electron chi connectivity index (χ3n) is 5.79. The molecule has 0 aromatic carbocycles. The van der Waals surface area contributed by atoms with Crippen molar-refractivity contribution < 1.29 is 14.3 Å². The predicted molar refractivity (Wildman–Crippen MR) is 106 cm³/mol. The SMILES string of the molecule is Cc1cnc(C(=O)N2CCCC[C@H]2C2CCN(C(=O)COC(C)C)CC2)cn1. The molecule has 0 bridgehead atoms. The van der Waals surface area contributed by atoms with Gasteiger partial charge in [-0.3, -0.25) is 14.6 Å². The van der Waals surface area contributed by atoms with Crippen LogP contribution in [0.4, 0.5) is 0 Å². The molecule has 28 heavy (non-hydrogen) atoms. The first-order chi connectivity index (χ1) is 13.5. The lowest BCUT2D eigenvalue weighted by Gasteiger charge is -2.43. The van der Waals surface area contributed by atoms with E-state index >= 15 is 0 Å². The highest BCUT2D eigenvalue weighted by atomic mass is 16.5. The largest absolute Gasteiger partial charge is 0.369 e. The van der Waals surface area contributed by atoms with Crippen molar-refractivity contribution in [3.63, 3.8) is 0 Å². The normalized spacial score (nSPS) is 21.2. The van der Waals surface area contributed by atoms with Gasteiger partial charge in [0, 0.05) is 31.9 Å². The molecule has 0 saturated carbocycles. The monoisotopic (exact) mass is 388 g/mol. The number of aromatic nitrogens is 2. The zero-order chi connectivity index (χ0) is 20.1. The van der Waals surface area contributed by atoms with Crippen LogP contribution in [0, 0.1) is 12.8 Å². The molecule has 7 heteroatoms. The Labute approximate surface area is 167 Å². The topological polar surface area (TPSA) is 75.6 Å². The van der Waals surface area contributed by atoms with Gasteiger partial charge in [-0.25, -0.2) is 4.98 Å². The maximum atomic E-state index is 13.0. The highest BCUT2D eigenvalue weighted by Gasteiger charge is 2.36. The molecular formula is C21H32N4O3. The van der Waals surface area contributed by atoms with Gasteiger partial charge in [0.1, 0.15) is 12.3 Å². The molecule has 2 amide bonds. The van der Waals surface area contributed by atoms with E-state index in [9.17, 15) is 9.59 Å². The Morgan fingerprint density at radius 1 is 1.11 bits per heavy atom. The van der Waals surface area contributed by atoms with E-state index in [1.54, 1.807) is 12.4 Å². The fourth-order valence-corrected chi connectivity index (χ4v) is 4.21. The number of piperidine rings is 2. The molecule has 0 N–H and O–H groups in total. The fourth-order valence-electron chi connectivity index (χ4n) is 4.21. The van der Waals surface area contributed by atoms with Gasteiger partial charge in [0.25, 0.3) is 5.91 Å². The quantitative estimate of drug-likeness (QED) is 0.774. The Hall–Kier alpha value is -2.02. The van der Waals surface area contributed by atoms with Crippen LogP contribution in [0.2, 0.25) is 0 Å². The average Bonchev–Trinajstić information content (AvgIpc) is 2.72. The third-order valence-corrected chi connectivity index (χ3v) is 5.79. The number of likely N-dealkylation sites (tertiary alicyclic amines) is 2. The van der Waals surface area contributed by atoms with Gasteiger partial charge in [-0.15, -0.1) is 0 Å². The zero-order valence-electron chi connectivity index (χ0n) is 17.3. The fraction of sp³-hybridized carbons (Fsp3) is 0.714. The summed E-state index contributed by atoms with van der Waals surface area (Å²) in [4.78, 5) is 37.7. The third kappa shape index (κ3) is 5.07. The Morgan fingerprint density at radius 3 is 2.50 bits per heavy atom. The second kappa shape index (κ2) is 9.45. The smallest absolute Gasteiger partial charge is 0.274 e. The molecule has 1 aromatic rings. The summed E-state index contributed by atoms with van der Waals surface area (Å²) in [5.41, 5.74) is 1.24. The molecule has 0 spiro atoms. The maximum Gasteiger partial charge on any atom is 0.274 e. The first-order valence-corrected chi connectivity index (χ1v) is 10.4. The average molecular weight is 389 g/mol. The number of ether oxygens (including phenoxy) is 1. The highest BCUT2D eigenvalue weighted by Crippen LogP contribution is 2.31. The number of carbonyl (C=O) groups is 2. The van der Waals surface area contributed by atoms with Gasteiger partial charge < -0.3 is 14.5 Å². The van der Waals surface area contributed by atoms with Crippen molar-refractivity contribution in [2.24, 2.45) is 5.92 Å². The second-order valence-corrected chi connectivity index (χ2v) is 8.18. The zero-order valence-corrected chi connectivity index (χ0v) is 17.3. The first-order valence-electron chi connectivity index (χ1n) is 10.4. The van der Waals surface area contributed by atoms with Crippen molar-refractivity contribution in [2.45, 2.75) is 65.0 Å². The van der Waals surface area contributed by atoms with Crippen LogP contribution in [0.3, 0.4) is 0 Å². The van der Waals surface area contributed by atoms with Crippen LogP contribution >= 0.6 is 0 Å². The number of aryl methyl sites for hydroxylation is 1. The molecule has 0 radical (unpaired) electrons. The molecule has 7 nitrogen and oxygen atoms in total. The summed E-state index contributed by atoms with van der Waals surface area (Å²) in [6.45, 7) is 8.16. The second-order valence-electron chi connectivity index (χ2n) is 8.18. The van der Waals surface area contributed by atoms with Crippen molar-refractivity contribution in [3.05, 3.63) is 23.8 Å². The molecule has 0 unspecified atom stereocenters. The Kier molecular flexibility index (Phi) is 6.99. The Morgan fingerprint density at radius 2 is 1.86 bits per heavy atom. The summed E-state index contributed by atoms with van der Waals surface area (Å²) in [5.74, 6) is 0.484. The van der Waals surface area contributed by atoms with Crippen LogP contribution in [0.15, 0.2) is 12.4 Å². The minimum Gasteiger partial charge on any atom is -0.369 e. The molecule has 3 rings (SSSR count). The predicted octanol–water partition coefficient (Wildman–Crippen LogP) is 2.44. The van der Waals surface area contributed by atoms with Crippen LogP contribution in [-0.2, 0) is 9.53 Å². The van der Waals surface area contributed by atoms with E-state index in [1.807, 2.05) is 30.6 Å². The van der Waals surface area contributed by atoms with Crippen molar-refractivity contribution in [1.29, 1.82) is 0 Å². The molecule has 2 fully saturated rings. The lowest BCUT2D eigenvalue weighted by Crippen LogP contribution is -2.51. The van der Waals surface area contributed by atoms with Gasteiger partial charge in [-0.05, 0) is 58.8 Å². The standard InChI is InChI=1S/C21H32N4O3/c1-15(2)28-14-20(26)24-10-7-17(8-11-24)19-6-4-5-9-25(19)21(27)18-13-22-16(3)12-23-18/h12-13,15,17,19H,4-11,14H2,1-3H3/t19-/m0/s1. The van der Waals surface area contributed by atoms with E-state index in [0.29, 0.717) is 11.6 Å². The minimum atomic E-state index is -0.0129. The van der Waals surface area contributed by atoms with Gasteiger partial charge in [-0.1, -0.05) is 0 Å². The van der Waals surface area contributed by atoms with Crippen molar-refractivity contribution in [3.8, 4) is 0 Å². The van der Waals surface area contributed by atoms with Crippen molar-refractivity contribution in [1.82, 2.24) is 19.8 Å². The molecule has 154 valence electrons. The molecule has 0 aliphatic carbocycles. The van der Waals surface area contributed by atoms with Crippen LogP contribution in [0.25, 0.3) is 0 Å². The van der Waals surface area contributed by atoms with Gasteiger partial charge in [0.2, 0.25) is 5.91 Å². The van der Waals surface area contributed by atoms with Gasteiger partial charge in [0.15, 0.2) is 0 Å². The van der Waals surface area contributed by atoms with E-state index in [1.165, 1.54) is 0 Å². The molecule has 2 aliphatic rings. The molecular weight excluding hydrogens is 356 g/mol. The molecule has 2 saturated heterocycles. The van der Waals surface area contributed by atoms with Crippen LogP contribution in [-0.4, -0.2) is 70.0 Å². The maximum absolute atomic E-state index is 13.0. The van der Waals surface area contributed by atoms with E-state index in [0.717, 1.165) is 57.4 Å². The van der Waals surface area contributed by atoms with E-state index in [2.05, 4.69) is 9.97 Å². The Balaban J connectivity index is 1.59. The van der Waals surface area contributed by atoms with Crippen LogP contribution in [0.5, 0.6) is 0 Å². The first kappa shape index (κ1) is 20.7. The number of hydrogen-bond donors (Lipinski definition) is 0. The summed E-state index contributed by atoms with van der Waals surface area (Å²) < 4.78 is 5.45. The van der Waals surface area contributed by atoms with E-state index < -0.39 is 0 Å². The van der Waals surface area contributed by atoms with Crippen LogP contribution in [0.1, 0.15) is 62.1 Å². The lowest BCUT2D eigenvalue weighted by molar-refractivity contribution is -0.139. The number of amides is 2. The number of rotatable bonds is 5. The van der Waals surface area contributed by atoms with Crippen LogP contribution < -0.4 is 0 Å². The summed E-state index contributed by atoms with van der Waals surface area (Å²) in [5, 5.41) is 0.